The first-order valence-electron chi connectivity index (χ1n) is 7.04. The summed E-state index contributed by atoms with van der Waals surface area (Å²) >= 11 is 0. The Labute approximate surface area is 115 Å². The van der Waals surface area contributed by atoms with Gasteiger partial charge in [-0.05, 0) is 32.4 Å². The number of nitrogens with one attached hydrogen (secondary N) is 1. The highest BCUT2D eigenvalue weighted by atomic mass is 15.1. The lowest BCUT2D eigenvalue weighted by Gasteiger charge is -2.18. The molecular weight excluding hydrogens is 234 g/mol. The van der Waals surface area contributed by atoms with Gasteiger partial charge in [0.25, 0.3) is 0 Å². The molecule has 2 rings (SSSR count). The molecule has 3 heteroatoms. The van der Waals surface area contributed by atoms with Gasteiger partial charge in [-0.25, -0.2) is 4.98 Å². The lowest BCUT2D eigenvalue weighted by molar-refractivity contribution is 0.495. The summed E-state index contributed by atoms with van der Waals surface area (Å²) in [6, 6.07) is 9.04. The lowest BCUT2D eigenvalue weighted by atomic mass is 10.0. The van der Waals surface area contributed by atoms with Crippen molar-refractivity contribution >= 4 is 0 Å². The van der Waals surface area contributed by atoms with Gasteiger partial charge < -0.3 is 9.88 Å². The third-order valence-corrected chi connectivity index (χ3v) is 3.41. The molecule has 1 aromatic carbocycles. The number of rotatable bonds is 6. The zero-order chi connectivity index (χ0) is 13.7. The molecule has 0 aliphatic rings. The molecule has 19 heavy (non-hydrogen) atoms. The Kier molecular flexibility index (Phi) is 4.74. The van der Waals surface area contributed by atoms with Crippen LogP contribution in [0.5, 0.6) is 0 Å². The predicted molar refractivity (Wildman–Crippen MR) is 79.2 cm³/mol. The van der Waals surface area contributed by atoms with Gasteiger partial charge in [-0.3, -0.25) is 0 Å². The van der Waals surface area contributed by atoms with E-state index in [4.69, 9.17) is 0 Å². The van der Waals surface area contributed by atoms with E-state index in [1.807, 2.05) is 6.20 Å². The molecule has 0 bridgehead atoms. The van der Waals surface area contributed by atoms with Crippen molar-refractivity contribution in [2.45, 2.75) is 39.8 Å². The van der Waals surface area contributed by atoms with E-state index in [0.29, 0.717) is 0 Å². The number of hydrogen-bond donors (Lipinski definition) is 1. The maximum Gasteiger partial charge on any atom is 0.126 e. The minimum Gasteiger partial charge on any atom is -0.334 e. The summed E-state index contributed by atoms with van der Waals surface area (Å²) in [5, 5.41) is 3.54. The molecular formula is C16H23N3. The Morgan fingerprint density at radius 2 is 1.95 bits per heavy atom. The molecule has 0 spiro atoms. The molecule has 0 aliphatic carbocycles. The molecule has 0 radical (unpaired) electrons. The standard InChI is InChI=1S/C16H23N3/c1-4-17-15(16-18-10-11-19(16)5-2)12-14-8-6-13(3)7-9-14/h6-11,15,17H,4-5,12H2,1-3H3. The van der Waals surface area contributed by atoms with Crippen LogP contribution in [0.2, 0.25) is 0 Å². The number of hydrogen-bond acceptors (Lipinski definition) is 2. The number of nitrogens with zero attached hydrogens (tertiary/aromatic N) is 2. The van der Waals surface area contributed by atoms with E-state index in [2.05, 4.69) is 66.1 Å². The van der Waals surface area contributed by atoms with Crippen molar-refractivity contribution in [1.29, 1.82) is 0 Å². The van der Waals surface area contributed by atoms with Crippen molar-refractivity contribution in [1.82, 2.24) is 14.9 Å². The quantitative estimate of drug-likeness (QED) is 0.861. The van der Waals surface area contributed by atoms with Crippen LogP contribution in [0.25, 0.3) is 0 Å². The average molecular weight is 257 g/mol. The average Bonchev–Trinajstić information content (AvgIpc) is 2.89. The summed E-state index contributed by atoms with van der Waals surface area (Å²) in [5.74, 6) is 1.13. The molecule has 0 aliphatic heterocycles. The zero-order valence-corrected chi connectivity index (χ0v) is 12.1. The van der Waals surface area contributed by atoms with Crippen molar-refractivity contribution in [3.63, 3.8) is 0 Å². The topological polar surface area (TPSA) is 29.9 Å². The minimum atomic E-state index is 0.280. The summed E-state index contributed by atoms with van der Waals surface area (Å²) in [6.07, 6.45) is 4.91. The van der Waals surface area contributed by atoms with Crippen LogP contribution in [0.4, 0.5) is 0 Å². The highest BCUT2D eigenvalue weighted by Crippen LogP contribution is 2.17. The van der Waals surface area contributed by atoms with E-state index in [1.54, 1.807) is 0 Å². The second-order valence-corrected chi connectivity index (χ2v) is 4.87. The van der Waals surface area contributed by atoms with E-state index in [0.717, 1.165) is 25.3 Å². The van der Waals surface area contributed by atoms with E-state index in [9.17, 15) is 0 Å². The third kappa shape index (κ3) is 3.44. The molecule has 1 atom stereocenters. The van der Waals surface area contributed by atoms with E-state index in [-0.39, 0.29) is 6.04 Å². The summed E-state index contributed by atoms with van der Waals surface area (Å²) in [7, 11) is 0. The van der Waals surface area contributed by atoms with Crippen LogP contribution >= 0.6 is 0 Å². The fraction of sp³-hybridized carbons (Fsp3) is 0.438. The Morgan fingerprint density at radius 1 is 1.21 bits per heavy atom. The van der Waals surface area contributed by atoms with Crippen molar-refractivity contribution in [2.24, 2.45) is 0 Å². The number of benzene rings is 1. The summed E-state index contributed by atoms with van der Waals surface area (Å²) in [4.78, 5) is 4.52. The summed E-state index contributed by atoms with van der Waals surface area (Å²) in [6.45, 7) is 8.33. The SMILES string of the molecule is CCNC(Cc1ccc(C)cc1)c1nccn1CC. The van der Waals surface area contributed by atoms with Crippen molar-refractivity contribution < 1.29 is 0 Å². The Bertz CT molecular complexity index is 499. The van der Waals surface area contributed by atoms with E-state index in [1.165, 1.54) is 11.1 Å². The van der Waals surface area contributed by atoms with Gasteiger partial charge in [0.05, 0.1) is 6.04 Å². The molecule has 0 saturated heterocycles. The van der Waals surface area contributed by atoms with Crippen LogP contribution < -0.4 is 5.32 Å². The Balaban J connectivity index is 2.18. The van der Waals surface area contributed by atoms with Gasteiger partial charge in [0.1, 0.15) is 5.82 Å². The van der Waals surface area contributed by atoms with Crippen LogP contribution in [-0.2, 0) is 13.0 Å². The maximum atomic E-state index is 4.52. The van der Waals surface area contributed by atoms with Crippen LogP contribution in [0.3, 0.4) is 0 Å². The van der Waals surface area contributed by atoms with Crippen molar-refractivity contribution in [3.05, 3.63) is 53.6 Å². The highest BCUT2D eigenvalue weighted by molar-refractivity contribution is 5.23. The number of imidazole rings is 1. The lowest BCUT2D eigenvalue weighted by Crippen LogP contribution is -2.26. The number of aromatic nitrogens is 2. The third-order valence-electron chi connectivity index (χ3n) is 3.41. The van der Waals surface area contributed by atoms with Crippen LogP contribution in [0, 0.1) is 6.92 Å². The first-order valence-corrected chi connectivity index (χ1v) is 7.04. The summed E-state index contributed by atoms with van der Waals surface area (Å²) < 4.78 is 2.21. The first-order chi connectivity index (χ1) is 9.24. The van der Waals surface area contributed by atoms with Gasteiger partial charge in [-0.1, -0.05) is 36.8 Å². The monoisotopic (exact) mass is 257 g/mol. The number of aryl methyl sites for hydroxylation is 2. The molecule has 0 saturated carbocycles. The van der Waals surface area contributed by atoms with Gasteiger partial charge in [0.2, 0.25) is 0 Å². The van der Waals surface area contributed by atoms with Crippen molar-refractivity contribution in [3.8, 4) is 0 Å². The predicted octanol–water partition coefficient (Wildman–Crippen LogP) is 3.10. The van der Waals surface area contributed by atoms with Crippen molar-refractivity contribution in [2.75, 3.05) is 6.54 Å². The Morgan fingerprint density at radius 3 is 2.58 bits per heavy atom. The normalized spacial score (nSPS) is 12.6. The summed E-state index contributed by atoms with van der Waals surface area (Å²) in [5.41, 5.74) is 2.65. The molecule has 1 unspecified atom stereocenters. The van der Waals surface area contributed by atoms with E-state index < -0.39 is 0 Å². The van der Waals surface area contributed by atoms with E-state index >= 15 is 0 Å². The van der Waals surface area contributed by atoms with Crippen LogP contribution in [0.15, 0.2) is 36.7 Å². The second kappa shape index (κ2) is 6.53. The van der Waals surface area contributed by atoms with Gasteiger partial charge in [-0.15, -0.1) is 0 Å². The molecule has 2 aromatic rings. The Hall–Kier alpha value is -1.61. The minimum absolute atomic E-state index is 0.280. The molecule has 1 N–H and O–H groups in total. The molecule has 0 amide bonds. The molecule has 3 nitrogen and oxygen atoms in total. The maximum absolute atomic E-state index is 4.52. The second-order valence-electron chi connectivity index (χ2n) is 4.87. The number of likely N-dealkylation sites (N-methyl/N-ethyl adjacent to an activating group) is 1. The molecule has 1 aromatic heterocycles. The van der Waals surface area contributed by atoms with Gasteiger partial charge >= 0.3 is 0 Å². The smallest absolute Gasteiger partial charge is 0.126 e. The fourth-order valence-corrected chi connectivity index (χ4v) is 2.36. The van der Waals surface area contributed by atoms with Gasteiger partial charge in [-0.2, -0.15) is 0 Å². The molecule has 0 fully saturated rings. The zero-order valence-electron chi connectivity index (χ0n) is 12.1. The largest absolute Gasteiger partial charge is 0.334 e. The van der Waals surface area contributed by atoms with Crippen LogP contribution in [0.1, 0.15) is 36.8 Å². The molecule has 102 valence electrons. The fourth-order valence-electron chi connectivity index (χ4n) is 2.36. The highest BCUT2D eigenvalue weighted by Gasteiger charge is 2.15. The first kappa shape index (κ1) is 13.8. The van der Waals surface area contributed by atoms with Crippen LogP contribution in [-0.4, -0.2) is 16.1 Å². The van der Waals surface area contributed by atoms with Gasteiger partial charge in [0.15, 0.2) is 0 Å². The molecule has 1 heterocycles. The van der Waals surface area contributed by atoms with Gasteiger partial charge in [0, 0.05) is 18.9 Å².